The Bertz CT molecular complexity index is 593. The lowest BCUT2D eigenvalue weighted by Crippen LogP contribution is -2.53. The molecule has 2 aliphatic heterocycles. The number of rotatable bonds is 7. The molecule has 6 nitrogen and oxygen atoms in total. The minimum Gasteiger partial charge on any atom is -0.492 e. The van der Waals surface area contributed by atoms with Crippen molar-refractivity contribution in [2.45, 2.75) is 25.8 Å². The van der Waals surface area contributed by atoms with Crippen LogP contribution >= 0.6 is 0 Å². The highest BCUT2D eigenvalue weighted by atomic mass is 16.5. The molecule has 2 aliphatic rings. The summed E-state index contributed by atoms with van der Waals surface area (Å²) in [6.45, 7) is 8.95. The van der Waals surface area contributed by atoms with Crippen molar-refractivity contribution in [1.82, 2.24) is 9.80 Å². The average Bonchev–Trinajstić information content (AvgIpc) is 2.61. The molecule has 1 aromatic rings. The summed E-state index contributed by atoms with van der Waals surface area (Å²) in [7, 11) is 1.76. The van der Waals surface area contributed by atoms with E-state index in [1.54, 1.807) is 7.11 Å². The maximum atomic E-state index is 11.4. The Balaban J connectivity index is 1.42. The molecule has 1 amide bonds. The minimum absolute atomic E-state index is 0.0972. The Morgan fingerprint density at radius 2 is 2.08 bits per heavy atom. The SMILES string of the molecule is COCCN1CCN(CCOc2ccc3c(c2)CCC(=O)N3)C[C@@H]1C. The fraction of sp³-hybridized carbons (Fsp3) is 0.632. The predicted octanol–water partition coefficient (Wildman–Crippen LogP) is 1.60. The summed E-state index contributed by atoms with van der Waals surface area (Å²) in [5.41, 5.74) is 2.09. The van der Waals surface area contributed by atoms with Gasteiger partial charge in [-0.15, -0.1) is 0 Å². The van der Waals surface area contributed by atoms with Gasteiger partial charge in [-0.05, 0) is 37.1 Å². The number of piperazine rings is 1. The second-order valence-electron chi connectivity index (χ2n) is 6.89. The van der Waals surface area contributed by atoms with Gasteiger partial charge in [0, 0.05) is 58.0 Å². The second kappa shape index (κ2) is 8.65. The third-order valence-corrected chi connectivity index (χ3v) is 5.08. The van der Waals surface area contributed by atoms with Crippen molar-refractivity contribution in [1.29, 1.82) is 0 Å². The lowest BCUT2D eigenvalue weighted by atomic mass is 10.0. The summed E-state index contributed by atoms with van der Waals surface area (Å²) in [5, 5.41) is 2.90. The normalized spacial score (nSPS) is 21.7. The zero-order chi connectivity index (χ0) is 17.6. The molecule has 138 valence electrons. The van der Waals surface area contributed by atoms with Crippen molar-refractivity contribution < 1.29 is 14.3 Å². The van der Waals surface area contributed by atoms with Crippen molar-refractivity contribution in [3.63, 3.8) is 0 Å². The van der Waals surface area contributed by atoms with Gasteiger partial charge in [0.05, 0.1) is 6.61 Å². The van der Waals surface area contributed by atoms with Crippen LogP contribution in [0.4, 0.5) is 5.69 Å². The topological polar surface area (TPSA) is 54.0 Å². The number of amides is 1. The molecule has 0 spiro atoms. The van der Waals surface area contributed by atoms with Crippen molar-refractivity contribution in [3.05, 3.63) is 23.8 Å². The molecule has 2 heterocycles. The third-order valence-electron chi connectivity index (χ3n) is 5.08. The van der Waals surface area contributed by atoms with Gasteiger partial charge in [-0.1, -0.05) is 0 Å². The highest BCUT2D eigenvalue weighted by Gasteiger charge is 2.23. The van der Waals surface area contributed by atoms with E-state index >= 15 is 0 Å². The van der Waals surface area contributed by atoms with Crippen LogP contribution in [0.1, 0.15) is 18.9 Å². The van der Waals surface area contributed by atoms with E-state index in [1.165, 1.54) is 0 Å². The second-order valence-corrected chi connectivity index (χ2v) is 6.89. The molecule has 1 fully saturated rings. The predicted molar refractivity (Wildman–Crippen MR) is 98.2 cm³/mol. The highest BCUT2D eigenvalue weighted by Crippen LogP contribution is 2.26. The van der Waals surface area contributed by atoms with Gasteiger partial charge in [-0.2, -0.15) is 0 Å². The number of nitrogens with one attached hydrogen (secondary N) is 1. The van der Waals surface area contributed by atoms with Crippen molar-refractivity contribution in [2.75, 3.05) is 58.4 Å². The molecular weight excluding hydrogens is 318 g/mol. The molecule has 0 unspecified atom stereocenters. The van der Waals surface area contributed by atoms with Gasteiger partial charge < -0.3 is 14.8 Å². The fourth-order valence-electron chi connectivity index (χ4n) is 3.56. The third kappa shape index (κ3) is 4.93. The number of methoxy groups -OCH3 is 1. The van der Waals surface area contributed by atoms with Crippen LogP contribution in [-0.4, -0.2) is 74.8 Å². The summed E-state index contributed by atoms with van der Waals surface area (Å²) in [5.74, 6) is 0.988. The number of fused-ring (bicyclic) bond motifs is 1. The number of ether oxygens (including phenoxy) is 2. The van der Waals surface area contributed by atoms with E-state index in [-0.39, 0.29) is 5.91 Å². The molecule has 3 rings (SSSR count). The van der Waals surface area contributed by atoms with E-state index in [0.717, 1.165) is 62.8 Å². The molecule has 1 atom stereocenters. The van der Waals surface area contributed by atoms with Gasteiger partial charge in [0.1, 0.15) is 12.4 Å². The van der Waals surface area contributed by atoms with Crippen LogP contribution < -0.4 is 10.1 Å². The molecule has 0 aliphatic carbocycles. The number of carbonyl (C=O) groups excluding carboxylic acids is 1. The van der Waals surface area contributed by atoms with Crippen LogP contribution in [0, 0.1) is 0 Å². The first-order valence-electron chi connectivity index (χ1n) is 9.16. The maximum Gasteiger partial charge on any atom is 0.224 e. The van der Waals surface area contributed by atoms with E-state index in [9.17, 15) is 4.79 Å². The highest BCUT2D eigenvalue weighted by molar-refractivity contribution is 5.93. The largest absolute Gasteiger partial charge is 0.492 e. The first kappa shape index (κ1) is 18.2. The first-order valence-corrected chi connectivity index (χ1v) is 9.16. The first-order chi connectivity index (χ1) is 12.2. The van der Waals surface area contributed by atoms with Gasteiger partial charge in [0.15, 0.2) is 0 Å². The van der Waals surface area contributed by atoms with E-state index < -0.39 is 0 Å². The molecule has 25 heavy (non-hydrogen) atoms. The molecule has 6 heteroatoms. The molecule has 0 radical (unpaired) electrons. The molecule has 1 N–H and O–H groups in total. The Morgan fingerprint density at radius 1 is 1.20 bits per heavy atom. The van der Waals surface area contributed by atoms with Gasteiger partial charge in [-0.25, -0.2) is 0 Å². The van der Waals surface area contributed by atoms with Crippen molar-refractivity contribution in [3.8, 4) is 5.75 Å². The smallest absolute Gasteiger partial charge is 0.224 e. The molecule has 0 aromatic heterocycles. The fourth-order valence-corrected chi connectivity index (χ4v) is 3.56. The standard InChI is InChI=1S/C19H29N3O3/c1-15-14-21(7-8-22(15)10-11-24-2)9-12-25-17-4-5-18-16(13-17)3-6-19(23)20-18/h4-5,13,15H,3,6-12,14H2,1-2H3,(H,20,23)/t15-/m0/s1. The molecular formula is C19H29N3O3. The van der Waals surface area contributed by atoms with Crippen LogP contribution in [0.3, 0.4) is 0 Å². The zero-order valence-electron chi connectivity index (χ0n) is 15.3. The van der Waals surface area contributed by atoms with Gasteiger partial charge in [0.25, 0.3) is 0 Å². The van der Waals surface area contributed by atoms with Crippen LogP contribution in [0.5, 0.6) is 5.75 Å². The van der Waals surface area contributed by atoms with E-state index in [1.807, 2.05) is 12.1 Å². The summed E-state index contributed by atoms with van der Waals surface area (Å²) in [4.78, 5) is 16.4. The number of hydrogen-bond donors (Lipinski definition) is 1. The molecule has 0 bridgehead atoms. The van der Waals surface area contributed by atoms with Crippen LogP contribution in [-0.2, 0) is 16.0 Å². The zero-order valence-corrected chi connectivity index (χ0v) is 15.3. The van der Waals surface area contributed by atoms with E-state index in [2.05, 4.69) is 28.1 Å². The average molecular weight is 347 g/mol. The Hall–Kier alpha value is -1.63. The monoisotopic (exact) mass is 347 g/mol. The van der Waals surface area contributed by atoms with Gasteiger partial charge >= 0.3 is 0 Å². The summed E-state index contributed by atoms with van der Waals surface area (Å²) in [6, 6.07) is 6.49. The number of anilines is 1. The van der Waals surface area contributed by atoms with Crippen LogP contribution in [0.25, 0.3) is 0 Å². The van der Waals surface area contributed by atoms with Gasteiger partial charge in [-0.3, -0.25) is 14.6 Å². The quantitative estimate of drug-likeness (QED) is 0.812. The van der Waals surface area contributed by atoms with Crippen LogP contribution in [0.2, 0.25) is 0 Å². The Kier molecular flexibility index (Phi) is 6.29. The van der Waals surface area contributed by atoms with E-state index in [4.69, 9.17) is 9.47 Å². The Morgan fingerprint density at radius 3 is 2.88 bits per heavy atom. The van der Waals surface area contributed by atoms with E-state index in [0.29, 0.717) is 19.1 Å². The number of benzene rings is 1. The molecule has 1 saturated heterocycles. The lowest BCUT2D eigenvalue weighted by molar-refractivity contribution is -0.116. The number of carbonyl (C=O) groups is 1. The van der Waals surface area contributed by atoms with Crippen LogP contribution in [0.15, 0.2) is 18.2 Å². The summed E-state index contributed by atoms with van der Waals surface area (Å²) < 4.78 is 11.1. The summed E-state index contributed by atoms with van der Waals surface area (Å²) in [6.07, 6.45) is 1.35. The summed E-state index contributed by atoms with van der Waals surface area (Å²) >= 11 is 0. The number of hydrogen-bond acceptors (Lipinski definition) is 5. The number of aryl methyl sites for hydroxylation is 1. The van der Waals surface area contributed by atoms with Crippen molar-refractivity contribution >= 4 is 11.6 Å². The molecule has 1 aromatic carbocycles. The molecule has 0 saturated carbocycles. The Labute approximate surface area is 150 Å². The van der Waals surface area contributed by atoms with Gasteiger partial charge in [0.2, 0.25) is 5.91 Å². The number of nitrogens with zero attached hydrogens (tertiary/aromatic N) is 2. The van der Waals surface area contributed by atoms with Crippen molar-refractivity contribution in [2.24, 2.45) is 0 Å². The maximum absolute atomic E-state index is 11.4. The lowest BCUT2D eigenvalue weighted by Gasteiger charge is -2.39. The minimum atomic E-state index is 0.0972.